The van der Waals surface area contributed by atoms with Crippen LogP contribution in [0.15, 0.2) is 18.2 Å². The molecule has 0 radical (unpaired) electrons. The van der Waals surface area contributed by atoms with Crippen molar-refractivity contribution in [2.45, 2.75) is 50.6 Å². The molecule has 3 aliphatic rings. The van der Waals surface area contributed by atoms with E-state index >= 15 is 0 Å². The first-order valence-electron chi connectivity index (χ1n) is 11.1. The van der Waals surface area contributed by atoms with Crippen molar-refractivity contribution in [3.05, 3.63) is 34.9 Å². The van der Waals surface area contributed by atoms with Gasteiger partial charge in [-0.1, -0.05) is 17.9 Å². The predicted octanol–water partition coefficient (Wildman–Crippen LogP) is 1.30. The van der Waals surface area contributed by atoms with E-state index in [1.54, 1.807) is 18.2 Å². The molecule has 35 heavy (non-hydrogen) atoms. The third-order valence-electron chi connectivity index (χ3n) is 6.02. The van der Waals surface area contributed by atoms with E-state index in [9.17, 15) is 32.3 Å². The molecule has 0 aliphatic carbocycles. The summed E-state index contributed by atoms with van der Waals surface area (Å²) in [6.07, 6.45) is -3.93. The maximum absolute atomic E-state index is 13.0. The number of benzene rings is 1. The van der Waals surface area contributed by atoms with E-state index in [2.05, 4.69) is 22.0 Å². The largest absolute Gasteiger partial charge is 0.493 e. The van der Waals surface area contributed by atoms with Crippen LogP contribution in [-0.2, 0) is 30.5 Å². The Bertz CT molecular complexity index is 1100. The van der Waals surface area contributed by atoms with E-state index in [0.29, 0.717) is 16.7 Å². The van der Waals surface area contributed by atoms with E-state index in [4.69, 9.17) is 4.74 Å². The van der Waals surface area contributed by atoms with Crippen molar-refractivity contribution in [2.24, 2.45) is 0 Å². The molecule has 0 bridgehead atoms. The van der Waals surface area contributed by atoms with Gasteiger partial charge >= 0.3 is 12.1 Å². The van der Waals surface area contributed by atoms with Crippen molar-refractivity contribution < 1.29 is 41.9 Å². The van der Waals surface area contributed by atoms with Gasteiger partial charge in [-0.15, -0.1) is 5.06 Å². The number of carbonyl (C=O) groups excluding carboxylic acids is 4. The molecule has 9 nitrogen and oxygen atoms in total. The zero-order chi connectivity index (χ0) is 25.2. The second-order valence-electron chi connectivity index (χ2n) is 8.28. The highest BCUT2D eigenvalue weighted by Crippen LogP contribution is 2.31. The second-order valence-corrected chi connectivity index (χ2v) is 8.28. The maximum Gasteiger partial charge on any atom is 0.493 e. The van der Waals surface area contributed by atoms with Crippen molar-refractivity contribution in [1.82, 2.24) is 15.3 Å². The Morgan fingerprint density at radius 3 is 2.60 bits per heavy atom. The Morgan fingerprint density at radius 1 is 1.14 bits per heavy atom. The molecule has 12 heteroatoms. The van der Waals surface area contributed by atoms with Crippen LogP contribution in [0.1, 0.15) is 47.2 Å². The topological polar surface area (TPSA) is 105 Å². The summed E-state index contributed by atoms with van der Waals surface area (Å²) in [5.74, 6) is 0.411. The number of hydroxylamine groups is 2. The lowest BCUT2D eigenvalue weighted by Gasteiger charge is -2.33. The van der Waals surface area contributed by atoms with Gasteiger partial charge < -0.3 is 19.8 Å². The van der Waals surface area contributed by atoms with E-state index < -0.39 is 35.9 Å². The summed E-state index contributed by atoms with van der Waals surface area (Å²) >= 11 is 0. The van der Waals surface area contributed by atoms with Gasteiger partial charge in [-0.25, -0.2) is 4.79 Å². The number of hydrogen-bond donors (Lipinski definition) is 1. The number of ether oxygens (including phenoxy) is 1. The zero-order valence-electron chi connectivity index (χ0n) is 18.5. The Kier molecular flexibility index (Phi) is 7.09. The van der Waals surface area contributed by atoms with Crippen LogP contribution in [0.2, 0.25) is 0 Å². The summed E-state index contributed by atoms with van der Waals surface area (Å²) < 4.78 is 43.4. The summed E-state index contributed by atoms with van der Waals surface area (Å²) in [5, 5.41) is 3.05. The van der Waals surface area contributed by atoms with Gasteiger partial charge in [-0.05, 0) is 50.0 Å². The minimum atomic E-state index is -5.39. The molecule has 3 amide bonds. The van der Waals surface area contributed by atoms with Crippen molar-refractivity contribution >= 4 is 23.7 Å². The number of nitrogens with zero attached hydrogens (tertiary/aromatic N) is 2. The van der Waals surface area contributed by atoms with Crippen LogP contribution in [0.5, 0.6) is 0 Å². The van der Waals surface area contributed by atoms with Crippen LogP contribution in [0.4, 0.5) is 13.2 Å². The van der Waals surface area contributed by atoms with Crippen LogP contribution < -0.4 is 5.32 Å². The number of halogens is 3. The second kappa shape index (κ2) is 10.1. The van der Waals surface area contributed by atoms with Gasteiger partial charge in [-0.3, -0.25) is 14.4 Å². The van der Waals surface area contributed by atoms with Crippen LogP contribution in [0.3, 0.4) is 0 Å². The SMILES string of the molecule is O=C1CCC(N2Cc3c(C#CCOC4CCNCC4)cccc3C2=O)C(=O)N1OC(=O)C(F)(F)F. The fraction of sp³-hybridized carbons (Fsp3) is 0.478. The summed E-state index contributed by atoms with van der Waals surface area (Å²) in [6.45, 7) is 1.97. The Labute approximate surface area is 198 Å². The third-order valence-corrected chi connectivity index (χ3v) is 6.02. The van der Waals surface area contributed by atoms with Crippen molar-refractivity contribution in [1.29, 1.82) is 0 Å². The molecule has 2 saturated heterocycles. The maximum atomic E-state index is 13.0. The van der Waals surface area contributed by atoms with Gasteiger partial charge in [0.15, 0.2) is 0 Å². The van der Waals surface area contributed by atoms with Gasteiger partial charge in [-0.2, -0.15) is 13.2 Å². The summed E-state index contributed by atoms with van der Waals surface area (Å²) in [4.78, 5) is 54.0. The van der Waals surface area contributed by atoms with Crippen LogP contribution in [-0.4, -0.2) is 71.7 Å². The molecule has 2 fully saturated rings. The van der Waals surface area contributed by atoms with Crippen LogP contribution >= 0.6 is 0 Å². The molecule has 1 N–H and O–H groups in total. The highest BCUT2D eigenvalue weighted by Gasteiger charge is 2.49. The summed E-state index contributed by atoms with van der Waals surface area (Å²) in [7, 11) is 0. The van der Waals surface area contributed by atoms with Crippen molar-refractivity contribution in [2.75, 3.05) is 19.7 Å². The summed E-state index contributed by atoms with van der Waals surface area (Å²) in [6, 6.07) is 3.66. The number of amides is 3. The highest BCUT2D eigenvalue weighted by molar-refractivity contribution is 6.05. The molecule has 3 heterocycles. The lowest BCUT2D eigenvalue weighted by Crippen LogP contribution is -2.55. The fourth-order valence-corrected chi connectivity index (χ4v) is 4.24. The molecule has 1 aromatic rings. The van der Waals surface area contributed by atoms with Crippen LogP contribution in [0, 0.1) is 11.8 Å². The normalized spacial score (nSPS) is 21.0. The van der Waals surface area contributed by atoms with Gasteiger partial charge in [0.25, 0.3) is 17.7 Å². The number of rotatable bonds is 4. The molecule has 186 valence electrons. The molecular formula is C23H22F3N3O6. The minimum Gasteiger partial charge on any atom is -0.365 e. The number of nitrogens with one attached hydrogen (secondary N) is 1. The van der Waals surface area contributed by atoms with Gasteiger partial charge in [0, 0.05) is 24.1 Å². The lowest BCUT2D eigenvalue weighted by molar-refractivity contribution is -0.238. The van der Waals surface area contributed by atoms with Gasteiger partial charge in [0.1, 0.15) is 12.6 Å². The lowest BCUT2D eigenvalue weighted by atomic mass is 10.0. The van der Waals surface area contributed by atoms with Crippen molar-refractivity contribution in [3.63, 3.8) is 0 Å². The zero-order valence-corrected chi connectivity index (χ0v) is 18.5. The monoisotopic (exact) mass is 493 g/mol. The Morgan fingerprint density at radius 2 is 1.89 bits per heavy atom. The molecule has 1 atom stereocenters. The number of hydrogen-bond acceptors (Lipinski definition) is 7. The van der Waals surface area contributed by atoms with Crippen LogP contribution in [0.25, 0.3) is 0 Å². The average molecular weight is 493 g/mol. The minimum absolute atomic E-state index is 0.0280. The first-order chi connectivity index (χ1) is 16.7. The number of imide groups is 1. The Hall–Kier alpha value is -3.43. The summed E-state index contributed by atoms with van der Waals surface area (Å²) in [5.41, 5.74) is 1.43. The molecule has 3 aliphatic heterocycles. The number of piperidine rings is 2. The first kappa shape index (κ1) is 24.7. The van der Waals surface area contributed by atoms with E-state index in [1.807, 2.05) is 0 Å². The highest BCUT2D eigenvalue weighted by atomic mass is 19.4. The first-order valence-corrected chi connectivity index (χ1v) is 11.1. The molecule has 0 saturated carbocycles. The Balaban J connectivity index is 1.46. The average Bonchev–Trinajstić information content (AvgIpc) is 3.16. The molecule has 1 aromatic carbocycles. The fourth-order valence-electron chi connectivity index (χ4n) is 4.24. The van der Waals surface area contributed by atoms with Gasteiger partial charge in [0.2, 0.25) is 0 Å². The molecule has 4 rings (SSSR count). The van der Waals surface area contributed by atoms with Gasteiger partial charge in [0.05, 0.1) is 6.10 Å². The third kappa shape index (κ3) is 5.31. The van der Waals surface area contributed by atoms with E-state index in [0.717, 1.165) is 30.8 Å². The number of fused-ring (bicyclic) bond motifs is 1. The quantitative estimate of drug-likeness (QED) is 0.498. The molecule has 0 spiro atoms. The van der Waals surface area contributed by atoms with E-state index in [1.165, 1.54) is 0 Å². The van der Waals surface area contributed by atoms with E-state index in [-0.39, 0.29) is 37.2 Å². The standard InChI is InChI=1S/C23H22F3N3O6/c24-23(25,26)22(33)35-29-19(30)7-6-18(21(29)32)28-13-17-14(3-1-5-16(17)20(28)31)4-2-12-34-15-8-10-27-11-9-15/h1,3,5,15,18,27H,6-13H2. The number of carbonyl (C=O) groups is 4. The molecular weight excluding hydrogens is 471 g/mol. The predicted molar refractivity (Wildman–Crippen MR) is 112 cm³/mol. The molecule has 0 aromatic heterocycles. The number of alkyl halides is 3. The molecule has 1 unspecified atom stereocenters. The smallest absolute Gasteiger partial charge is 0.365 e. The van der Waals surface area contributed by atoms with Crippen molar-refractivity contribution in [3.8, 4) is 11.8 Å².